The Kier molecular flexibility index (Phi) is 3.76. The van der Waals surface area contributed by atoms with Crippen LogP contribution in [0, 0.1) is 6.92 Å². The van der Waals surface area contributed by atoms with Gasteiger partial charge in [0.05, 0.1) is 6.54 Å². The molecule has 2 N–H and O–H groups in total. The summed E-state index contributed by atoms with van der Waals surface area (Å²) in [6.07, 6.45) is 3.73. The highest BCUT2D eigenvalue weighted by atomic mass is 15.3. The fourth-order valence-electron chi connectivity index (χ4n) is 1.74. The van der Waals surface area contributed by atoms with E-state index < -0.39 is 0 Å². The predicted molar refractivity (Wildman–Crippen MR) is 71.6 cm³/mol. The van der Waals surface area contributed by atoms with Gasteiger partial charge >= 0.3 is 0 Å². The lowest BCUT2D eigenvalue weighted by molar-refractivity contribution is 0.559. The Hall–Kier alpha value is -2.11. The molecule has 0 aliphatic heterocycles. The van der Waals surface area contributed by atoms with E-state index >= 15 is 0 Å². The lowest BCUT2D eigenvalue weighted by Crippen LogP contribution is -2.23. The molecule has 1 unspecified atom stereocenters. The maximum atomic E-state index is 4.36. The van der Waals surface area contributed by atoms with Gasteiger partial charge in [-0.2, -0.15) is 10.1 Å². The minimum atomic E-state index is 0.240. The van der Waals surface area contributed by atoms with Crippen LogP contribution in [0.2, 0.25) is 0 Å². The van der Waals surface area contributed by atoms with E-state index in [4.69, 9.17) is 0 Å². The van der Waals surface area contributed by atoms with Crippen molar-refractivity contribution < 1.29 is 0 Å². The second-order valence-electron chi connectivity index (χ2n) is 4.24. The molecule has 0 bridgehead atoms. The van der Waals surface area contributed by atoms with Gasteiger partial charge in [-0.3, -0.25) is 4.68 Å². The molecule has 0 aliphatic carbocycles. The molecule has 18 heavy (non-hydrogen) atoms. The van der Waals surface area contributed by atoms with Crippen molar-refractivity contribution in [2.45, 2.75) is 26.4 Å². The van der Waals surface area contributed by atoms with Crippen LogP contribution in [0.1, 0.15) is 12.6 Å². The van der Waals surface area contributed by atoms with Crippen LogP contribution in [0.4, 0.5) is 11.8 Å². The van der Waals surface area contributed by atoms with E-state index in [0.717, 1.165) is 18.1 Å². The van der Waals surface area contributed by atoms with Gasteiger partial charge in [0, 0.05) is 37.2 Å². The van der Waals surface area contributed by atoms with Gasteiger partial charge in [0.1, 0.15) is 5.82 Å². The summed E-state index contributed by atoms with van der Waals surface area (Å²) in [5.74, 6) is 1.45. The number of anilines is 2. The maximum absolute atomic E-state index is 4.36. The molecule has 1 atom stereocenters. The van der Waals surface area contributed by atoms with E-state index in [1.54, 1.807) is 6.20 Å². The zero-order valence-corrected chi connectivity index (χ0v) is 10.9. The predicted octanol–water partition coefficient (Wildman–Crippen LogP) is 1.52. The summed E-state index contributed by atoms with van der Waals surface area (Å²) in [5, 5.41) is 10.5. The molecule has 2 aromatic rings. The summed E-state index contributed by atoms with van der Waals surface area (Å²) >= 11 is 0. The second kappa shape index (κ2) is 5.48. The van der Waals surface area contributed by atoms with E-state index in [1.165, 1.54) is 0 Å². The van der Waals surface area contributed by atoms with Crippen molar-refractivity contribution in [2.24, 2.45) is 0 Å². The Morgan fingerprint density at radius 3 is 2.89 bits per heavy atom. The first-order valence-corrected chi connectivity index (χ1v) is 5.95. The lowest BCUT2D eigenvalue weighted by atomic mass is 10.3. The zero-order valence-electron chi connectivity index (χ0n) is 10.9. The number of nitrogens with one attached hydrogen (secondary N) is 2. The van der Waals surface area contributed by atoms with Crippen LogP contribution in [-0.4, -0.2) is 32.8 Å². The molecule has 0 radical (unpaired) electrons. The molecule has 6 heteroatoms. The quantitative estimate of drug-likeness (QED) is 0.837. The molecule has 0 aliphatic rings. The number of nitrogens with zero attached hydrogens (tertiary/aromatic N) is 4. The summed E-state index contributed by atoms with van der Waals surface area (Å²) in [6, 6.07) is 4.09. The first kappa shape index (κ1) is 12.3. The maximum Gasteiger partial charge on any atom is 0.224 e. The van der Waals surface area contributed by atoms with Crippen molar-refractivity contribution in [3.05, 3.63) is 30.2 Å². The molecular weight excluding hydrogens is 228 g/mol. The SMILES string of the molecule is CNc1nc(C)cc(NC(C)Cn2cccn2)n1. The number of rotatable bonds is 5. The average Bonchev–Trinajstić information content (AvgIpc) is 2.80. The van der Waals surface area contributed by atoms with E-state index in [1.807, 2.05) is 37.0 Å². The highest BCUT2D eigenvalue weighted by Crippen LogP contribution is 2.10. The Bertz CT molecular complexity index is 493. The summed E-state index contributed by atoms with van der Waals surface area (Å²) in [5.41, 5.74) is 0.933. The third kappa shape index (κ3) is 3.19. The smallest absolute Gasteiger partial charge is 0.224 e. The van der Waals surface area contributed by atoms with Crippen LogP contribution in [0.3, 0.4) is 0 Å². The monoisotopic (exact) mass is 246 g/mol. The standard InChI is InChI=1S/C12H18N6/c1-9-7-11(17-12(13-3)16-9)15-10(2)8-18-6-4-5-14-18/h4-7,10H,8H2,1-3H3,(H2,13,15,16,17). The molecule has 0 aromatic carbocycles. The number of aryl methyl sites for hydroxylation is 1. The van der Waals surface area contributed by atoms with Crippen molar-refractivity contribution in [1.82, 2.24) is 19.7 Å². The van der Waals surface area contributed by atoms with Gasteiger partial charge in [0.15, 0.2) is 0 Å². The number of hydrogen-bond acceptors (Lipinski definition) is 5. The first-order chi connectivity index (χ1) is 8.67. The summed E-state index contributed by atoms with van der Waals surface area (Å²) < 4.78 is 1.89. The third-order valence-corrected chi connectivity index (χ3v) is 2.49. The molecule has 0 saturated heterocycles. The van der Waals surface area contributed by atoms with Gasteiger partial charge in [-0.25, -0.2) is 4.98 Å². The molecule has 2 heterocycles. The minimum absolute atomic E-state index is 0.240. The van der Waals surface area contributed by atoms with Gasteiger partial charge < -0.3 is 10.6 Å². The molecule has 6 nitrogen and oxygen atoms in total. The molecule has 0 saturated carbocycles. The average molecular weight is 246 g/mol. The van der Waals surface area contributed by atoms with Gasteiger partial charge in [-0.1, -0.05) is 0 Å². The third-order valence-electron chi connectivity index (χ3n) is 2.49. The number of aromatic nitrogens is 4. The highest BCUT2D eigenvalue weighted by molar-refractivity contribution is 5.42. The Morgan fingerprint density at radius 1 is 1.39 bits per heavy atom. The van der Waals surface area contributed by atoms with Crippen molar-refractivity contribution in [3.63, 3.8) is 0 Å². The second-order valence-corrected chi connectivity index (χ2v) is 4.24. The van der Waals surface area contributed by atoms with Gasteiger partial charge in [-0.05, 0) is 19.9 Å². The van der Waals surface area contributed by atoms with Gasteiger partial charge in [0.25, 0.3) is 0 Å². The summed E-state index contributed by atoms with van der Waals surface area (Å²) in [7, 11) is 1.81. The largest absolute Gasteiger partial charge is 0.366 e. The van der Waals surface area contributed by atoms with Crippen molar-refractivity contribution in [2.75, 3.05) is 17.7 Å². The van der Waals surface area contributed by atoms with Crippen LogP contribution < -0.4 is 10.6 Å². The van der Waals surface area contributed by atoms with E-state index in [9.17, 15) is 0 Å². The Balaban J connectivity index is 2.02. The van der Waals surface area contributed by atoms with E-state index in [-0.39, 0.29) is 6.04 Å². The lowest BCUT2D eigenvalue weighted by Gasteiger charge is -2.15. The Labute approximate surface area is 106 Å². The first-order valence-electron chi connectivity index (χ1n) is 5.95. The summed E-state index contributed by atoms with van der Waals surface area (Å²) in [4.78, 5) is 8.61. The normalized spacial score (nSPS) is 12.2. The topological polar surface area (TPSA) is 67.7 Å². The van der Waals surface area contributed by atoms with E-state index in [2.05, 4.69) is 32.6 Å². The van der Waals surface area contributed by atoms with Crippen LogP contribution in [0.25, 0.3) is 0 Å². The molecule has 0 amide bonds. The minimum Gasteiger partial charge on any atom is -0.366 e. The molecular formula is C12H18N6. The molecule has 2 aromatic heterocycles. The van der Waals surface area contributed by atoms with Crippen molar-refractivity contribution in [1.29, 1.82) is 0 Å². The fraction of sp³-hybridized carbons (Fsp3) is 0.417. The zero-order chi connectivity index (χ0) is 13.0. The fourth-order valence-corrected chi connectivity index (χ4v) is 1.74. The van der Waals surface area contributed by atoms with Crippen LogP contribution >= 0.6 is 0 Å². The van der Waals surface area contributed by atoms with Gasteiger partial charge in [-0.15, -0.1) is 0 Å². The van der Waals surface area contributed by atoms with Crippen molar-refractivity contribution in [3.8, 4) is 0 Å². The number of hydrogen-bond donors (Lipinski definition) is 2. The summed E-state index contributed by atoms with van der Waals surface area (Å²) in [6.45, 7) is 4.84. The van der Waals surface area contributed by atoms with Crippen molar-refractivity contribution >= 4 is 11.8 Å². The molecule has 0 spiro atoms. The highest BCUT2D eigenvalue weighted by Gasteiger charge is 2.06. The molecule has 2 rings (SSSR count). The van der Waals surface area contributed by atoms with E-state index in [0.29, 0.717) is 5.95 Å². The van der Waals surface area contributed by atoms with Crippen LogP contribution in [0.5, 0.6) is 0 Å². The van der Waals surface area contributed by atoms with Crippen LogP contribution in [-0.2, 0) is 6.54 Å². The Morgan fingerprint density at radius 2 is 2.22 bits per heavy atom. The molecule has 0 fully saturated rings. The molecule has 96 valence electrons. The van der Waals surface area contributed by atoms with Crippen LogP contribution in [0.15, 0.2) is 24.5 Å². The van der Waals surface area contributed by atoms with Gasteiger partial charge in [0.2, 0.25) is 5.95 Å².